The summed E-state index contributed by atoms with van der Waals surface area (Å²) in [6, 6.07) is 14.5. The quantitative estimate of drug-likeness (QED) is 0.559. The third-order valence-electron chi connectivity index (χ3n) is 4.03. The summed E-state index contributed by atoms with van der Waals surface area (Å²) in [4.78, 5) is 24.1. The summed E-state index contributed by atoms with van der Waals surface area (Å²) in [5.41, 5.74) is 8.16. The van der Waals surface area contributed by atoms with Crippen LogP contribution in [0.2, 0.25) is 5.02 Å². The summed E-state index contributed by atoms with van der Waals surface area (Å²) >= 11 is 6.06. The molecule has 6 nitrogen and oxygen atoms in total. The van der Waals surface area contributed by atoms with Crippen LogP contribution in [0.1, 0.15) is 19.4 Å². The average Bonchev–Trinajstić information content (AvgIpc) is 2.65. The number of nitrogens with one attached hydrogen (secondary N) is 3. The van der Waals surface area contributed by atoms with Crippen LogP contribution in [0, 0.1) is 5.92 Å². The molecular weight excluding hydrogens is 364 g/mol. The first-order valence-electron chi connectivity index (χ1n) is 8.77. The number of nitrogens with two attached hydrogens (primary N) is 1. The largest absolute Gasteiger partial charge is 0.379 e. The molecule has 0 aromatic heterocycles. The normalized spacial score (nSPS) is 11.7. The molecule has 0 aliphatic rings. The Morgan fingerprint density at radius 3 is 2.44 bits per heavy atom. The topological polar surface area (TPSA) is 96.2 Å². The minimum absolute atomic E-state index is 0.00483. The number of amides is 2. The van der Waals surface area contributed by atoms with Crippen molar-refractivity contribution in [3.8, 4) is 0 Å². The number of rotatable bonds is 8. The molecule has 7 heteroatoms. The number of anilines is 2. The van der Waals surface area contributed by atoms with Gasteiger partial charge in [-0.1, -0.05) is 55.8 Å². The maximum atomic E-state index is 12.2. The van der Waals surface area contributed by atoms with Crippen LogP contribution in [0.3, 0.4) is 0 Å². The van der Waals surface area contributed by atoms with E-state index in [0.29, 0.717) is 17.3 Å². The summed E-state index contributed by atoms with van der Waals surface area (Å²) < 4.78 is 0. The van der Waals surface area contributed by atoms with E-state index >= 15 is 0 Å². The number of benzene rings is 2. The lowest BCUT2D eigenvalue weighted by Gasteiger charge is -2.16. The first-order valence-corrected chi connectivity index (χ1v) is 9.15. The van der Waals surface area contributed by atoms with Crippen molar-refractivity contribution >= 4 is 34.8 Å². The van der Waals surface area contributed by atoms with Crippen molar-refractivity contribution in [3.05, 3.63) is 59.1 Å². The van der Waals surface area contributed by atoms with Crippen LogP contribution < -0.4 is 21.7 Å². The van der Waals surface area contributed by atoms with E-state index in [-0.39, 0.29) is 24.3 Å². The van der Waals surface area contributed by atoms with E-state index in [2.05, 4.69) is 16.0 Å². The van der Waals surface area contributed by atoms with E-state index < -0.39 is 6.04 Å². The Hall–Kier alpha value is -2.57. The zero-order valence-corrected chi connectivity index (χ0v) is 16.2. The highest BCUT2D eigenvalue weighted by atomic mass is 35.5. The first kappa shape index (κ1) is 20.7. The van der Waals surface area contributed by atoms with Gasteiger partial charge in [0, 0.05) is 11.6 Å². The van der Waals surface area contributed by atoms with Crippen molar-refractivity contribution in [1.82, 2.24) is 5.32 Å². The number of hydrogen-bond donors (Lipinski definition) is 4. The predicted molar refractivity (Wildman–Crippen MR) is 110 cm³/mol. The van der Waals surface area contributed by atoms with Gasteiger partial charge >= 0.3 is 0 Å². The van der Waals surface area contributed by atoms with Crippen LogP contribution in [0.4, 0.5) is 11.4 Å². The highest BCUT2D eigenvalue weighted by molar-refractivity contribution is 6.31. The minimum atomic E-state index is -0.646. The summed E-state index contributed by atoms with van der Waals surface area (Å²) in [6.07, 6.45) is 0. The number of halogens is 1. The lowest BCUT2D eigenvalue weighted by atomic mass is 10.1. The van der Waals surface area contributed by atoms with Crippen LogP contribution in [-0.2, 0) is 16.1 Å². The van der Waals surface area contributed by atoms with Gasteiger partial charge in [-0.2, -0.15) is 0 Å². The fourth-order valence-corrected chi connectivity index (χ4v) is 2.52. The highest BCUT2D eigenvalue weighted by Crippen LogP contribution is 2.26. The maximum Gasteiger partial charge on any atom is 0.243 e. The van der Waals surface area contributed by atoms with Crippen molar-refractivity contribution in [3.63, 3.8) is 0 Å². The zero-order chi connectivity index (χ0) is 19.8. The van der Waals surface area contributed by atoms with Crippen LogP contribution >= 0.6 is 11.6 Å². The molecule has 2 aromatic carbocycles. The molecule has 5 N–H and O–H groups in total. The van der Waals surface area contributed by atoms with Gasteiger partial charge in [-0.15, -0.1) is 0 Å². The molecule has 0 fully saturated rings. The molecule has 144 valence electrons. The van der Waals surface area contributed by atoms with Gasteiger partial charge in [-0.25, -0.2) is 0 Å². The van der Waals surface area contributed by atoms with E-state index in [9.17, 15) is 9.59 Å². The summed E-state index contributed by atoms with van der Waals surface area (Å²) in [7, 11) is 0. The van der Waals surface area contributed by atoms with Crippen LogP contribution in [-0.4, -0.2) is 24.4 Å². The van der Waals surface area contributed by atoms with E-state index in [1.54, 1.807) is 18.2 Å². The Kier molecular flexibility index (Phi) is 7.64. The molecule has 2 rings (SSSR count). The Labute approximate surface area is 164 Å². The maximum absolute atomic E-state index is 12.2. The molecule has 0 aliphatic carbocycles. The summed E-state index contributed by atoms with van der Waals surface area (Å²) in [5, 5.41) is 9.10. The van der Waals surface area contributed by atoms with Gasteiger partial charge in [0.1, 0.15) is 0 Å². The van der Waals surface area contributed by atoms with Crippen molar-refractivity contribution < 1.29 is 9.59 Å². The van der Waals surface area contributed by atoms with E-state index in [1.807, 2.05) is 44.2 Å². The molecule has 0 radical (unpaired) electrons. The van der Waals surface area contributed by atoms with E-state index in [4.69, 9.17) is 17.3 Å². The molecule has 0 saturated carbocycles. The molecule has 0 bridgehead atoms. The average molecular weight is 389 g/mol. The Bertz CT molecular complexity index is 781. The molecular formula is C20H25ClN4O2. The van der Waals surface area contributed by atoms with Gasteiger partial charge in [-0.05, 0) is 29.7 Å². The third kappa shape index (κ3) is 6.58. The monoisotopic (exact) mass is 388 g/mol. The second-order valence-electron chi connectivity index (χ2n) is 6.56. The molecule has 0 spiro atoms. The Morgan fingerprint density at radius 2 is 1.78 bits per heavy atom. The fourth-order valence-electron chi connectivity index (χ4n) is 2.35. The lowest BCUT2D eigenvalue weighted by Crippen LogP contribution is -2.46. The lowest BCUT2D eigenvalue weighted by molar-refractivity contribution is -0.125. The van der Waals surface area contributed by atoms with Crippen molar-refractivity contribution in [2.45, 2.75) is 26.4 Å². The van der Waals surface area contributed by atoms with E-state index in [1.165, 1.54) is 0 Å². The molecule has 0 saturated heterocycles. The number of hydrogen-bond acceptors (Lipinski definition) is 4. The second-order valence-corrected chi connectivity index (χ2v) is 7.00. The van der Waals surface area contributed by atoms with Gasteiger partial charge in [0.05, 0.1) is 24.0 Å². The van der Waals surface area contributed by atoms with E-state index in [0.717, 1.165) is 11.3 Å². The van der Waals surface area contributed by atoms with Crippen molar-refractivity contribution in [1.29, 1.82) is 0 Å². The van der Waals surface area contributed by atoms with Gasteiger partial charge in [-0.3, -0.25) is 9.59 Å². The summed E-state index contributed by atoms with van der Waals surface area (Å²) in [6.45, 7) is 4.14. The smallest absolute Gasteiger partial charge is 0.243 e. The molecule has 2 aromatic rings. The van der Waals surface area contributed by atoms with Gasteiger partial charge in [0.25, 0.3) is 0 Å². The molecule has 27 heavy (non-hydrogen) atoms. The van der Waals surface area contributed by atoms with Crippen molar-refractivity contribution in [2.24, 2.45) is 11.7 Å². The van der Waals surface area contributed by atoms with Crippen molar-refractivity contribution in [2.75, 3.05) is 17.2 Å². The molecule has 0 heterocycles. The number of carbonyl (C=O) groups is 2. The first-order chi connectivity index (χ1) is 12.9. The van der Waals surface area contributed by atoms with Crippen LogP contribution in [0.15, 0.2) is 48.5 Å². The molecule has 1 atom stereocenters. The summed E-state index contributed by atoms with van der Waals surface area (Å²) in [5.74, 6) is -0.715. The SMILES string of the molecule is CC(C)[C@H](N)C(=O)NCC(=O)Nc1cc(Cl)ccc1NCc1ccccc1. The Morgan fingerprint density at radius 1 is 1.07 bits per heavy atom. The standard InChI is InChI=1S/C20H25ClN4O2/c1-13(2)19(22)20(27)24-12-18(26)25-17-10-15(21)8-9-16(17)23-11-14-6-4-3-5-7-14/h3-10,13,19,23H,11-12,22H2,1-2H3,(H,24,27)(H,25,26)/t19-/m0/s1. The second kappa shape index (κ2) is 9.94. The number of carbonyl (C=O) groups excluding carboxylic acids is 2. The van der Waals surface area contributed by atoms with Gasteiger partial charge in [0.15, 0.2) is 0 Å². The highest BCUT2D eigenvalue weighted by Gasteiger charge is 2.18. The third-order valence-corrected chi connectivity index (χ3v) is 4.26. The fraction of sp³-hybridized carbons (Fsp3) is 0.300. The van der Waals surface area contributed by atoms with Crippen LogP contribution in [0.25, 0.3) is 0 Å². The predicted octanol–water partition coefficient (Wildman–Crippen LogP) is 2.99. The molecule has 0 unspecified atom stereocenters. The van der Waals surface area contributed by atoms with Gasteiger partial charge in [0.2, 0.25) is 11.8 Å². The van der Waals surface area contributed by atoms with Gasteiger partial charge < -0.3 is 21.7 Å². The molecule has 2 amide bonds. The van der Waals surface area contributed by atoms with Crippen LogP contribution in [0.5, 0.6) is 0 Å². The molecule has 0 aliphatic heterocycles. The minimum Gasteiger partial charge on any atom is -0.379 e. The zero-order valence-electron chi connectivity index (χ0n) is 15.5. The Balaban J connectivity index is 1.97.